The summed E-state index contributed by atoms with van der Waals surface area (Å²) in [6, 6.07) is 6.13. The van der Waals surface area contributed by atoms with Gasteiger partial charge in [-0.25, -0.2) is 8.78 Å². The van der Waals surface area contributed by atoms with Gasteiger partial charge in [0.05, 0.1) is 6.04 Å². The summed E-state index contributed by atoms with van der Waals surface area (Å²) in [5, 5.41) is 0. The number of hydrogen-bond acceptors (Lipinski definition) is 1. The van der Waals surface area contributed by atoms with Gasteiger partial charge in [-0.1, -0.05) is 28.1 Å². The summed E-state index contributed by atoms with van der Waals surface area (Å²) in [5.41, 5.74) is 0.633. The predicted octanol–water partition coefficient (Wildman–Crippen LogP) is 3.32. The Morgan fingerprint density at radius 3 is 2.00 bits per heavy atom. The van der Waals surface area contributed by atoms with E-state index in [1.54, 1.807) is 38.4 Å². The molecule has 0 aromatic heterocycles. The minimum absolute atomic E-state index is 0.633. The third-order valence-electron chi connectivity index (χ3n) is 2.01. The first-order valence-corrected chi connectivity index (χ1v) is 5.01. The molecule has 1 rings (SSSR count). The van der Waals surface area contributed by atoms with Gasteiger partial charge in [0.1, 0.15) is 0 Å². The Morgan fingerprint density at radius 1 is 1.14 bits per heavy atom. The molecule has 78 valence electrons. The first kappa shape index (κ1) is 11.6. The van der Waals surface area contributed by atoms with Gasteiger partial charge in [0.2, 0.25) is 0 Å². The zero-order chi connectivity index (χ0) is 10.7. The van der Waals surface area contributed by atoms with Crippen LogP contribution in [0, 0.1) is 0 Å². The molecule has 0 bridgehead atoms. The topological polar surface area (TPSA) is 3.24 Å². The molecule has 4 heteroatoms. The van der Waals surface area contributed by atoms with Crippen LogP contribution < -0.4 is 0 Å². The van der Waals surface area contributed by atoms with Gasteiger partial charge in [0, 0.05) is 4.47 Å². The first-order valence-electron chi connectivity index (χ1n) is 4.22. The van der Waals surface area contributed by atoms with E-state index in [-0.39, 0.29) is 0 Å². The number of hydrogen-bond donors (Lipinski definition) is 0. The number of benzene rings is 1. The highest BCUT2D eigenvalue weighted by atomic mass is 79.9. The number of rotatable bonds is 3. The molecule has 0 heterocycles. The summed E-state index contributed by atoms with van der Waals surface area (Å²) >= 11 is 3.27. The molecular weight excluding hydrogens is 252 g/mol. The Bertz CT molecular complexity index is 277. The summed E-state index contributed by atoms with van der Waals surface area (Å²) in [7, 11) is 3.30. The lowest BCUT2D eigenvalue weighted by Crippen LogP contribution is -2.26. The van der Waals surface area contributed by atoms with E-state index < -0.39 is 12.5 Å². The van der Waals surface area contributed by atoms with Crippen molar-refractivity contribution in [2.45, 2.75) is 12.5 Å². The van der Waals surface area contributed by atoms with Crippen molar-refractivity contribution >= 4 is 15.9 Å². The Balaban J connectivity index is 2.94. The van der Waals surface area contributed by atoms with Gasteiger partial charge in [-0.15, -0.1) is 0 Å². The van der Waals surface area contributed by atoms with E-state index in [0.29, 0.717) is 5.56 Å². The van der Waals surface area contributed by atoms with Crippen molar-refractivity contribution in [3.8, 4) is 0 Å². The first-order chi connectivity index (χ1) is 6.52. The van der Waals surface area contributed by atoms with Gasteiger partial charge in [0.25, 0.3) is 6.43 Å². The lowest BCUT2D eigenvalue weighted by Gasteiger charge is -2.23. The van der Waals surface area contributed by atoms with Crippen LogP contribution in [0.3, 0.4) is 0 Å². The second-order valence-corrected chi connectivity index (χ2v) is 4.21. The summed E-state index contributed by atoms with van der Waals surface area (Å²) in [6.45, 7) is 0. The molecule has 1 nitrogen and oxygen atoms in total. The maximum absolute atomic E-state index is 12.7. The van der Waals surface area contributed by atoms with E-state index in [1.807, 2.05) is 0 Å². The average molecular weight is 264 g/mol. The molecule has 1 aromatic carbocycles. The zero-order valence-electron chi connectivity index (χ0n) is 8.05. The quantitative estimate of drug-likeness (QED) is 0.809. The predicted molar refractivity (Wildman–Crippen MR) is 56.6 cm³/mol. The van der Waals surface area contributed by atoms with Crippen LogP contribution >= 0.6 is 15.9 Å². The molecule has 14 heavy (non-hydrogen) atoms. The fraction of sp³-hybridized carbons (Fsp3) is 0.400. The van der Waals surface area contributed by atoms with Crippen molar-refractivity contribution in [2.75, 3.05) is 14.1 Å². The molecule has 0 radical (unpaired) electrons. The molecule has 0 aliphatic carbocycles. The van der Waals surface area contributed by atoms with Crippen molar-refractivity contribution in [1.82, 2.24) is 4.90 Å². The van der Waals surface area contributed by atoms with Crippen LogP contribution in [-0.2, 0) is 0 Å². The molecule has 0 amide bonds. The fourth-order valence-corrected chi connectivity index (χ4v) is 1.59. The van der Waals surface area contributed by atoms with Gasteiger partial charge in [-0.3, -0.25) is 4.90 Å². The summed E-state index contributed by atoms with van der Waals surface area (Å²) < 4.78 is 26.3. The fourth-order valence-electron chi connectivity index (χ4n) is 1.33. The SMILES string of the molecule is CN(C)C(c1ccc(Br)cc1)C(F)F. The van der Waals surface area contributed by atoms with Crippen LogP contribution in [0.4, 0.5) is 8.78 Å². The van der Waals surface area contributed by atoms with Crippen molar-refractivity contribution < 1.29 is 8.78 Å². The highest BCUT2D eigenvalue weighted by Crippen LogP contribution is 2.26. The van der Waals surface area contributed by atoms with E-state index in [2.05, 4.69) is 15.9 Å². The van der Waals surface area contributed by atoms with Crippen LogP contribution in [0.5, 0.6) is 0 Å². The van der Waals surface area contributed by atoms with Gasteiger partial charge >= 0.3 is 0 Å². The molecule has 0 aliphatic heterocycles. The maximum Gasteiger partial charge on any atom is 0.257 e. The molecule has 0 N–H and O–H groups in total. The Labute approximate surface area is 90.8 Å². The standard InChI is InChI=1S/C10H12BrF2N/c1-14(2)9(10(12)13)7-3-5-8(11)6-4-7/h3-6,9-10H,1-2H3. The molecule has 0 aliphatic rings. The van der Waals surface area contributed by atoms with Crippen LogP contribution in [0.25, 0.3) is 0 Å². The second kappa shape index (κ2) is 4.84. The Hall–Kier alpha value is -0.480. The molecule has 1 aromatic rings. The van der Waals surface area contributed by atoms with Crippen molar-refractivity contribution in [1.29, 1.82) is 0 Å². The monoisotopic (exact) mass is 263 g/mol. The summed E-state index contributed by atoms with van der Waals surface area (Å²) in [4.78, 5) is 1.52. The number of nitrogens with zero attached hydrogens (tertiary/aromatic N) is 1. The van der Waals surface area contributed by atoms with Crippen molar-refractivity contribution in [3.63, 3.8) is 0 Å². The molecule has 0 spiro atoms. The molecule has 0 saturated carbocycles. The van der Waals surface area contributed by atoms with E-state index in [9.17, 15) is 8.78 Å². The zero-order valence-corrected chi connectivity index (χ0v) is 9.63. The van der Waals surface area contributed by atoms with Crippen molar-refractivity contribution in [3.05, 3.63) is 34.3 Å². The van der Waals surface area contributed by atoms with Crippen LogP contribution in [0.1, 0.15) is 11.6 Å². The van der Waals surface area contributed by atoms with E-state index >= 15 is 0 Å². The van der Waals surface area contributed by atoms with Crippen molar-refractivity contribution in [2.24, 2.45) is 0 Å². The molecule has 0 fully saturated rings. The normalized spacial score (nSPS) is 13.6. The number of alkyl halides is 2. The molecular formula is C10H12BrF2N. The highest BCUT2D eigenvalue weighted by Gasteiger charge is 2.24. The highest BCUT2D eigenvalue weighted by molar-refractivity contribution is 9.10. The van der Waals surface area contributed by atoms with E-state index in [0.717, 1.165) is 4.47 Å². The minimum atomic E-state index is -2.37. The lowest BCUT2D eigenvalue weighted by molar-refractivity contribution is 0.0488. The summed E-state index contributed by atoms with van der Waals surface area (Å²) in [5.74, 6) is 0. The van der Waals surface area contributed by atoms with Crippen LogP contribution in [0.15, 0.2) is 28.7 Å². The maximum atomic E-state index is 12.7. The molecule has 0 saturated heterocycles. The Kier molecular flexibility index (Phi) is 4.01. The minimum Gasteiger partial charge on any atom is -0.298 e. The molecule has 1 atom stereocenters. The van der Waals surface area contributed by atoms with Gasteiger partial charge in [-0.2, -0.15) is 0 Å². The Morgan fingerprint density at radius 2 is 1.64 bits per heavy atom. The lowest BCUT2D eigenvalue weighted by atomic mass is 10.1. The van der Waals surface area contributed by atoms with Crippen LogP contribution in [0.2, 0.25) is 0 Å². The molecule has 1 unspecified atom stereocenters. The van der Waals surface area contributed by atoms with E-state index in [1.165, 1.54) is 4.90 Å². The van der Waals surface area contributed by atoms with Crippen LogP contribution in [-0.4, -0.2) is 25.4 Å². The smallest absolute Gasteiger partial charge is 0.257 e. The average Bonchev–Trinajstić information content (AvgIpc) is 2.07. The third-order valence-corrected chi connectivity index (χ3v) is 2.54. The second-order valence-electron chi connectivity index (χ2n) is 3.29. The van der Waals surface area contributed by atoms with Gasteiger partial charge in [-0.05, 0) is 31.8 Å². The summed E-state index contributed by atoms with van der Waals surface area (Å²) in [6.07, 6.45) is -2.37. The number of halogens is 3. The van der Waals surface area contributed by atoms with Gasteiger partial charge in [0.15, 0.2) is 0 Å². The van der Waals surface area contributed by atoms with E-state index in [4.69, 9.17) is 0 Å². The third kappa shape index (κ3) is 2.75. The largest absolute Gasteiger partial charge is 0.298 e. The van der Waals surface area contributed by atoms with Gasteiger partial charge < -0.3 is 0 Å².